The first kappa shape index (κ1) is 18.5. The molecule has 0 saturated heterocycles. The lowest BCUT2D eigenvalue weighted by atomic mass is 10.2. The maximum Gasteiger partial charge on any atom is 0.249 e. The van der Waals surface area contributed by atoms with Gasteiger partial charge >= 0.3 is 0 Å². The third-order valence-corrected chi connectivity index (χ3v) is 4.48. The molecule has 1 aromatic heterocycles. The van der Waals surface area contributed by atoms with Crippen LogP contribution in [0.2, 0.25) is 5.02 Å². The molecule has 3 aromatic rings. The number of benzene rings is 2. The average molecular weight is 371 g/mol. The second kappa shape index (κ2) is 9.39. The normalized spacial score (nSPS) is 10.8. The number of halogens is 1. The van der Waals surface area contributed by atoms with Crippen molar-refractivity contribution in [2.45, 2.75) is 39.0 Å². The monoisotopic (exact) mass is 370 g/mol. The third kappa shape index (κ3) is 4.85. The molecule has 0 saturated carbocycles. The van der Waals surface area contributed by atoms with Crippen LogP contribution in [0, 0.1) is 0 Å². The van der Waals surface area contributed by atoms with Crippen LogP contribution in [-0.4, -0.2) is 16.8 Å². The molecule has 2 aromatic carbocycles. The second-order valence-corrected chi connectivity index (χ2v) is 6.59. The second-order valence-electron chi connectivity index (χ2n) is 6.18. The average Bonchev–Trinajstić information content (AvgIpc) is 3.15. The van der Waals surface area contributed by atoms with Crippen molar-refractivity contribution in [3.63, 3.8) is 0 Å². The Morgan fingerprint density at radius 1 is 0.885 bits per heavy atom. The van der Waals surface area contributed by atoms with Crippen LogP contribution >= 0.6 is 11.6 Å². The number of hydrogen-bond donors (Lipinski definition) is 0. The zero-order chi connectivity index (χ0) is 18.2. The number of ether oxygens (including phenoxy) is 1. The van der Waals surface area contributed by atoms with E-state index in [0.29, 0.717) is 16.8 Å². The SMILES string of the molecule is CCCCCCCOc1ccc(-c2nnc(-c3ccccc3Cl)o2)cc1. The summed E-state index contributed by atoms with van der Waals surface area (Å²) in [5.41, 5.74) is 1.59. The molecular formula is C21H23ClN2O2. The van der Waals surface area contributed by atoms with Gasteiger partial charge in [0.25, 0.3) is 0 Å². The summed E-state index contributed by atoms with van der Waals surface area (Å²) in [4.78, 5) is 0. The smallest absolute Gasteiger partial charge is 0.249 e. The fraction of sp³-hybridized carbons (Fsp3) is 0.333. The maximum atomic E-state index is 6.18. The maximum absolute atomic E-state index is 6.18. The fourth-order valence-electron chi connectivity index (χ4n) is 2.67. The van der Waals surface area contributed by atoms with E-state index in [4.69, 9.17) is 20.8 Å². The van der Waals surface area contributed by atoms with Crippen molar-refractivity contribution in [3.05, 3.63) is 53.6 Å². The van der Waals surface area contributed by atoms with Crippen LogP contribution < -0.4 is 4.74 Å². The zero-order valence-electron chi connectivity index (χ0n) is 15.0. The number of unbranched alkanes of at least 4 members (excludes halogenated alkanes) is 4. The predicted molar refractivity (Wildman–Crippen MR) is 104 cm³/mol. The van der Waals surface area contributed by atoms with E-state index in [1.165, 1.54) is 25.7 Å². The molecule has 1 heterocycles. The Morgan fingerprint density at radius 3 is 2.38 bits per heavy atom. The van der Waals surface area contributed by atoms with Crippen LogP contribution in [0.3, 0.4) is 0 Å². The lowest BCUT2D eigenvalue weighted by Crippen LogP contribution is -1.97. The van der Waals surface area contributed by atoms with Crippen molar-refractivity contribution in [2.24, 2.45) is 0 Å². The molecule has 0 spiro atoms. The lowest BCUT2D eigenvalue weighted by Gasteiger charge is -2.06. The minimum absolute atomic E-state index is 0.415. The highest BCUT2D eigenvalue weighted by Crippen LogP contribution is 2.29. The standard InChI is InChI=1S/C21H23ClN2O2/c1-2-3-4-5-8-15-25-17-13-11-16(12-14-17)20-23-24-21(26-20)18-9-6-7-10-19(18)22/h6-7,9-14H,2-5,8,15H2,1H3. The minimum atomic E-state index is 0.415. The first-order valence-corrected chi connectivity index (χ1v) is 9.47. The number of rotatable bonds is 9. The van der Waals surface area contributed by atoms with Gasteiger partial charge in [0.2, 0.25) is 11.8 Å². The molecule has 0 fully saturated rings. The van der Waals surface area contributed by atoms with Crippen LogP contribution in [0.25, 0.3) is 22.9 Å². The van der Waals surface area contributed by atoms with E-state index >= 15 is 0 Å². The summed E-state index contributed by atoms with van der Waals surface area (Å²) in [6, 6.07) is 15.1. The number of aromatic nitrogens is 2. The highest BCUT2D eigenvalue weighted by molar-refractivity contribution is 6.33. The van der Waals surface area contributed by atoms with Crippen molar-refractivity contribution in [3.8, 4) is 28.7 Å². The van der Waals surface area contributed by atoms with Gasteiger partial charge in [0.05, 0.1) is 17.2 Å². The molecule has 0 atom stereocenters. The van der Waals surface area contributed by atoms with Crippen molar-refractivity contribution >= 4 is 11.6 Å². The first-order chi connectivity index (χ1) is 12.8. The van der Waals surface area contributed by atoms with Crippen LogP contribution in [-0.2, 0) is 0 Å². The van der Waals surface area contributed by atoms with Gasteiger partial charge < -0.3 is 9.15 Å². The molecule has 0 amide bonds. The fourth-order valence-corrected chi connectivity index (χ4v) is 2.89. The largest absolute Gasteiger partial charge is 0.494 e. The van der Waals surface area contributed by atoms with Crippen molar-refractivity contribution < 1.29 is 9.15 Å². The molecule has 0 aliphatic rings. The lowest BCUT2D eigenvalue weighted by molar-refractivity contribution is 0.304. The summed E-state index contributed by atoms with van der Waals surface area (Å²) in [5.74, 6) is 1.74. The molecule has 0 unspecified atom stereocenters. The summed E-state index contributed by atoms with van der Waals surface area (Å²) >= 11 is 6.18. The summed E-state index contributed by atoms with van der Waals surface area (Å²) in [7, 11) is 0. The van der Waals surface area contributed by atoms with E-state index in [1.54, 1.807) is 6.07 Å². The quantitative estimate of drug-likeness (QED) is 0.408. The van der Waals surface area contributed by atoms with E-state index in [1.807, 2.05) is 42.5 Å². The Bertz CT molecular complexity index is 815. The molecule has 5 heteroatoms. The Labute approximate surface area is 159 Å². The summed E-state index contributed by atoms with van der Waals surface area (Å²) < 4.78 is 11.5. The molecule has 4 nitrogen and oxygen atoms in total. The molecule has 0 aliphatic heterocycles. The van der Waals surface area contributed by atoms with E-state index in [2.05, 4.69) is 17.1 Å². The summed E-state index contributed by atoms with van der Waals surface area (Å²) in [6.07, 6.45) is 6.15. The predicted octanol–water partition coefficient (Wildman–Crippen LogP) is 6.41. The molecule has 3 rings (SSSR count). The van der Waals surface area contributed by atoms with Crippen molar-refractivity contribution in [1.82, 2.24) is 10.2 Å². The first-order valence-electron chi connectivity index (χ1n) is 9.09. The van der Waals surface area contributed by atoms with E-state index < -0.39 is 0 Å². The minimum Gasteiger partial charge on any atom is -0.494 e. The molecule has 0 bridgehead atoms. The van der Waals surface area contributed by atoms with Crippen molar-refractivity contribution in [1.29, 1.82) is 0 Å². The van der Waals surface area contributed by atoms with E-state index in [9.17, 15) is 0 Å². The molecule has 0 N–H and O–H groups in total. The van der Waals surface area contributed by atoms with Gasteiger partial charge in [0.1, 0.15) is 5.75 Å². The zero-order valence-corrected chi connectivity index (χ0v) is 15.7. The van der Waals surface area contributed by atoms with Crippen molar-refractivity contribution in [2.75, 3.05) is 6.61 Å². The molecule has 26 heavy (non-hydrogen) atoms. The topological polar surface area (TPSA) is 48.2 Å². The molecule has 0 radical (unpaired) electrons. The highest BCUT2D eigenvalue weighted by Gasteiger charge is 2.12. The highest BCUT2D eigenvalue weighted by atomic mass is 35.5. The number of nitrogens with zero attached hydrogens (tertiary/aromatic N) is 2. The molecule has 136 valence electrons. The van der Waals surface area contributed by atoms with Crippen LogP contribution in [0.4, 0.5) is 0 Å². The molecular weight excluding hydrogens is 348 g/mol. The van der Waals surface area contributed by atoms with Gasteiger partial charge in [-0.05, 0) is 42.8 Å². The van der Waals surface area contributed by atoms with Gasteiger partial charge in [-0.15, -0.1) is 10.2 Å². The number of hydrogen-bond acceptors (Lipinski definition) is 4. The van der Waals surface area contributed by atoms with E-state index in [0.717, 1.165) is 29.9 Å². The van der Waals surface area contributed by atoms with Gasteiger partial charge in [-0.1, -0.05) is 56.3 Å². The Morgan fingerprint density at radius 2 is 1.62 bits per heavy atom. The van der Waals surface area contributed by atoms with Gasteiger partial charge in [-0.25, -0.2) is 0 Å². The van der Waals surface area contributed by atoms with Crippen LogP contribution in [0.5, 0.6) is 5.75 Å². The summed E-state index contributed by atoms with van der Waals surface area (Å²) in [5, 5.41) is 8.81. The third-order valence-electron chi connectivity index (χ3n) is 4.15. The van der Waals surface area contributed by atoms with Gasteiger partial charge in [-0.3, -0.25) is 0 Å². The Hall–Kier alpha value is -2.33. The van der Waals surface area contributed by atoms with Gasteiger partial charge in [0.15, 0.2) is 0 Å². The summed E-state index contributed by atoms with van der Waals surface area (Å²) in [6.45, 7) is 2.97. The Kier molecular flexibility index (Phi) is 6.67. The van der Waals surface area contributed by atoms with Crippen LogP contribution in [0.15, 0.2) is 52.9 Å². The van der Waals surface area contributed by atoms with Crippen LogP contribution in [0.1, 0.15) is 39.0 Å². The van der Waals surface area contributed by atoms with Gasteiger partial charge in [-0.2, -0.15) is 0 Å². The molecule has 0 aliphatic carbocycles. The van der Waals surface area contributed by atoms with E-state index in [-0.39, 0.29) is 0 Å². The Balaban J connectivity index is 1.58. The van der Waals surface area contributed by atoms with Gasteiger partial charge in [0, 0.05) is 5.56 Å².